The second-order valence-electron chi connectivity index (χ2n) is 3.59. The Morgan fingerprint density at radius 2 is 1.88 bits per heavy atom. The molecule has 0 aliphatic carbocycles. The minimum Gasteiger partial charge on any atom is -0.455 e. The van der Waals surface area contributed by atoms with E-state index >= 15 is 0 Å². The second-order valence-corrected chi connectivity index (χ2v) is 3.59. The fourth-order valence-corrected chi connectivity index (χ4v) is 1.24. The lowest BCUT2D eigenvalue weighted by Crippen LogP contribution is -2.16. The molecule has 1 aromatic carbocycles. The molecule has 0 amide bonds. The van der Waals surface area contributed by atoms with Crippen LogP contribution in [0.3, 0.4) is 0 Å². The Kier molecular flexibility index (Phi) is 5.26. The molecule has 0 aliphatic heterocycles. The van der Waals surface area contributed by atoms with Crippen LogP contribution in [0.4, 0.5) is 0 Å². The third-order valence-electron chi connectivity index (χ3n) is 2.20. The van der Waals surface area contributed by atoms with Gasteiger partial charge in [0.2, 0.25) is 5.78 Å². The van der Waals surface area contributed by atoms with Crippen LogP contribution in [0, 0.1) is 0 Å². The third-order valence-corrected chi connectivity index (χ3v) is 2.20. The van der Waals surface area contributed by atoms with E-state index in [4.69, 9.17) is 4.74 Å². The molecule has 0 fully saturated rings. The number of esters is 1. The Morgan fingerprint density at radius 3 is 2.50 bits per heavy atom. The highest BCUT2D eigenvalue weighted by molar-refractivity contribution is 6.33. The van der Waals surface area contributed by atoms with E-state index in [2.05, 4.69) is 0 Å². The van der Waals surface area contributed by atoms with Gasteiger partial charge in [-0.25, -0.2) is 4.79 Å². The summed E-state index contributed by atoms with van der Waals surface area (Å²) in [5.74, 6) is -1.16. The van der Waals surface area contributed by atoms with Gasteiger partial charge in [-0.15, -0.1) is 0 Å². The second kappa shape index (κ2) is 6.77. The van der Waals surface area contributed by atoms with E-state index in [-0.39, 0.29) is 13.0 Å². The number of Topliss-reactive ketones (excluding diaryl/α,β-unsaturated/α-hetero) is 1. The van der Waals surface area contributed by atoms with Crippen molar-refractivity contribution in [2.24, 2.45) is 0 Å². The maximum absolute atomic E-state index is 11.3. The van der Waals surface area contributed by atoms with Gasteiger partial charge >= 0.3 is 5.97 Å². The fourth-order valence-electron chi connectivity index (χ4n) is 1.24. The average Bonchev–Trinajstić information content (AvgIpc) is 2.34. The molecule has 0 bridgehead atoms. The van der Waals surface area contributed by atoms with Crippen molar-refractivity contribution in [2.45, 2.75) is 32.8 Å². The molecule has 0 radical (unpaired) electrons. The zero-order valence-corrected chi connectivity index (χ0v) is 9.44. The summed E-state index contributed by atoms with van der Waals surface area (Å²) in [5.41, 5.74) is 0.888. The molecule has 0 aromatic heterocycles. The zero-order chi connectivity index (χ0) is 11.8. The van der Waals surface area contributed by atoms with Crippen LogP contribution in [0.5, 0.6) is 0 Å². The highest BCUT2D eigenvalue weighted by atomic mass is 16.5. The van der Waals surface area contributed by atoms with Crippen LogP contribution < -0.4 is 0 Å². The van der Waals surface area contributed by atoms with Gasteiger partial charge in [-0.1, -0.05) is 43.7 Å². The molecule has 0 saturated carbocycles. The number of carbonyl (C=O) groups excluding carboxylic acids is 2. The fraction of sp³-hybridized carbons (Fsp3) is 0.385. The number of carbonyl (C=O) groups is 2. The van der Waals surface area contributed by atoms with Gasteiger partial charge in [0.05, 0.1) is 0 Å². The van der Waals surface area contributed by atoms with Gasteiger partial charge < -0.3 is 4.74 Å². The smallest absolute Gasteiger partial charge is 0.374 e. The molecular weight excluding hydrogens is 204 g/mol. The standard InChI is InChI=1S/C13H16O3/c1-2-3-9-12(14)13(15)16-10-11-7-5-4-6-8-11/h4-8H,2-3,9-10H2,1H3. The predicted octanol–water partition coefficient (Wildman–Crippen LogP) is 2.49. The van der Waals surface area contributed by atoms with Crippen LogP contribution >= 0.6 is 0 Å². The number of benzene rings is 1. The Bertz CT molecular complexity index is 343. The van der Waals surface area contributed by atoms with E-state index in [1.807, 2.05) is 37.3 Å². The lowest BCUT2D eigenvalue weighted by atomic mass is 10.2. The quantitative estimate of drug-likeness (QED) is 0.546. The van der Waals surface area contributed by atoms with Crippen LogP contribution in [0.25, 0.3) is 0 Å². The van der Waals surface area contributed by atoms with Gasteiger partial charge in [0.25, 0.3) is 0 Å². The van der Waals surface area contributed by atoms with Gasteiger partial charge in [0.15, 0.2) is 0 Å². The summed E-state index contributed by atoms with van der Waals surface area (Å²) in [6.07, 6.45) is 1.92. The molecule has 0 atom stereocenters. The Morgan fingerprint density at radius 1 is 1.19 bits per heavy atom. The van der Waals surface area contributed by atoms with Crippen molar-refractivity contribution in [3.63, 3.8) is 0 Å². The molecule has 0 saturated heterocycles. The van der Waals surface area contributed by atoms with Crippen LogP contribution in [0.15, 0.2) is 30.3 Å². The van der Waals surface area contributed by atoms with Crippen LogP contribution in [0.2, 0.25) is 0 Å². The highest BCUT2D eigenvalue weighted by Gasteiger charge is 2.14. The molecule has 16 heavy (non-hydrogen) atoms. The zero-order valence-electron chi connectivity index (χ0n) is 9.44. The van der Waals surface area contributed by atoms with E-state index in [9.17, 15) is 9.59 Å². The first-order valence-corrected chi connectivity index (χ1v) is 5.48. The minimum absolute atomic E-state index is 0.164. The summed E-state index contributed by atoms with van der Waals surface area (Å²) >= 11 is 0. The monoisotopic (exact) mass is 220 g/mol. The first kappa shape index (κ1) is 12.4. The molecule has 86 valence electrons. The van der Waals surface area contributed by atoms with Crippen molar-refractivity contribution in [2.75, 3.05) is 0 Å². The molecule has 0 spiro atoms. The maximum Gasteiger partial charge on any atom is 0.374 e. The lowest BCUT2D eigenvalue weighted by molar-refractivity contribution is -0.154. The van der Waals surface area contributed by atoms with Crippen molar-refractivity contribution in [1.82, 2.24) is 0 Å². The maximum atomic E-state index is 11.3. The number of unbranched alkanes of at least 4 members (excludes halogenated alkanes) is 1. The summed E-state index contributed by atoms with van der Waals surface area (Å²) in [7, 11) is 0. The van der Waals surface area contributed by atoms with Crippen LogP contribution in [-0.4, -0.2) is 11.8 Å². The van der Waals surface area contributed by atoms with Gasteiger partial charge in [-0.05, 0) is 12.0 Å². The molecular formula is C13H16O3. The molecule has 0 N–H and O–H groups in total. The van der Waals surface area contributed by atoms with Crippen molar-refractivity contribution >= 4 is 11.8 Å². The first-order valence-electron chi connectivity index (χ1n) is 5.48. The van der Waals surface area contributed by atoms with Crippen molar-refractivity contribution < 1.29 is 14.3 Å². The summed E-state index contributed by atoms with van der Waals surface area (Å²) in [4.78, 5) is 22.5. The van der Waals surface area contributed by atoms with E-state index in [0.29, 0.717) is 0 Å². The van der Waals surface area contributed by atoms with Crippen LogP contribution in [0.1, 0.15) is 31.7 Å². The van der Waals surface area contributed by atoms with Crippen molar-refractivity contribution in [3.05, 3.63) is 35.9 Å². The average molecular weight is 220 g/mol. The number of ketones is 1. The topological polar surface area (TPSA) is 43.4 Å². The van der Waals surface area contributed by atoms with Crippen molar-refractivity contribution in [3.8, 4) is 0 Å². The van der Waals surface area contributed by atoms with E-state index in [0.717, 1.165) is 18.4 Å². The van der Waals surface area contributed by atoms with Gasteiger partial charge in [0.1, 0.15) is 6.61 Å². The van der Waals surface area contributed by atoms with Gasteiger partial charge in [-0.2, -0.15) is 0 Å². The Labute approximate surface area is 95.4 Å². The predicted molar refractivity (Wildman–Crippen MR) is 60.8 cm³/mol. The molecule has 0 unspecified atom stereocenters. The number of hydrogen-bond acceptors (Lipinski definition) is 3. The van der Waals surface area contributed by atoms with E-state index in [1.165, 1.54) is 0 Å². The number of ether oxygens (including phenoxy) is 1. The van der Waals surface area contributed by atoms with E-state index < -0.39 is 11.8 Å². The van der Waals surface area contributed by atoms with Gasteiger partial charge in [0, 0.05) is 6.42 Å². The third kappa shape index (κ3) is 4.26. The highest BCUT2D eigenvalue weighted by Crippen LogP contribution is 2.02. The van der Waals surface area contributed by atoms with Crippen LogP contribution in [-0.2, 0) is 20.9 Å². The number of hydrogen-bond donors (Lipinski definition) is 0. The molecule has 3 nitrogen and oxygen atoms in total. The minimum atomic E-state index is -0.725. The molecule has 3 heteroatoms. The summed E-state index contributed by atoms with van der Waals surface area (Å²) < 4.78 is 4.90. The summed E-state index contributed by atoms with van der Waals surface area (Å²) in [6.45, 7) is 2.14. The molecule has 0 heterocycles. The Balaban J connectivity index is 2.32. The largest absolute Gasteiger partial charge is 0.455 e. The first-order chi connectivity index (χ1) is 7.74. The number of rotatable bonds is 6. The van der Waals surface area contributed by atoms with Gasteiger partial charge in [-0.3, -0.25) is 4.79 Å². The summed E-state index contributed by atoms with van der Waals surface area (Å²) in [5, 5.41) is 0. The Hall–Kier alpha value is -1.64. The lowest BCUT2D eigenvalue weighted by Gasteiger charge is -2.03. The van der Waals surface area contributed by atoms with E-state index in [1.54, 1.807) is 0 Å². The molecule has 0 aliphatic rings. The molecule has 1 aromatic rings. The molecule has 1 rings (SSSR count). The SMILES string of the molecule is CCCCC(=O)C(=O)OCc1ccccc1. The van der Waals surface area contributed by atoms with Crippen molar-refractivity contribution in [1.29, 1.82) is 0 Å². The summed E-state index contributed by atoms with van der Waals surface area (Å²) in [6, 6.07) is 9.31. The normalized spacial score (nSPS) is 9.81.